The molecule has 0 bridgehead atoms. The maximum Gasteiger partial charge on any atom is 0.266 e. The Morgan fingerprint density at radius 2 is 1.76 bits per heavy atom. The van der Waals surface area contributed by atoms with Gasteiger partial charge in [-0.15, -0.1) is 0 Å². The number of hydrogen-bond donors (Lipinski definition) is 2. The van der Waals surface area contributed by atoms with Gasteiger partial charge in [0.25, 0.3) is 5.91 Å². The minimum absolute atomic E-state index is 0.0850. The minimum atomic E-state index is -3.84. The van der Waals surface area contributed by atoms with Crippen molar-refractivity contribution < 1.29 is 22.7 Å². The zero-order valence-corrected chi connectivity index (χ0v) is 18.5. The van der Waals surface area contributed by atoms with Gasteiger partial charge in [-0.3, -0.25) is 4.79 Å². The van der Waals surface area contributed by atoms with Crippen molar-refractivity contribution in [2.45, 2.75) is 11.5 Å². The maximum absolute atomic E-state index is 12.5. The Balaban J connectivity index is 1.74. The van der Waals surface area contributed by atoms with Crippen LogP contribution in [-0.2, 0) is 21.4 Å². The first-order valence-electron chi connectivity index (χ1n) is 9.71. The van der Waals surface area contributed by atoms with Crippen LogP contribution in [0.1, 0.15) is 11.1 Å². The lowest BCUT2D eigenvalue weighted by molar-refractivity contribution is -0.112. The van der Waals surface area contributed by atoms with Gasteiger partial charge in [0.05, 0.1) is 12.0 Å². The van der Waals surface area contributed by atoms with Gasteiger partial charge in [-0.1, -0.05) is 36.4 Å². The molecule has 0 aliphatic heterocycles. The molecule has 0 aliphatic carbocycles. The highest BCUT2D eigenvalue weighted by Gasteiger charge is 2.13. The first-order valence-corrected chi connectivity index (χ1v) is 11.3. The van der Waals surface area contributed by atoms with Gasteiger partial charge in [0.2, 0.25) is 10.0 Å². The number of nitrogens with one attached hydrogen (secondary N) is 1. The van der Waals surface area contributed by atoms with E-state index in [-0.39, 0.29) is 10.5 Å². The van der Waals surface area contributed by atoms with Crippen molar-refractivity contribution in [3.63, 3.8) is 0 Å². The smallest absolute Gasteiger partial charge is 0.266 e. The normalized spacial score (nSPS) is 11.4. The highest BCUT2D eigenvalue weighted by Crippen LogP contribution is 2.29. The first-order chi connectivity index (χ1) is 15.8. The van der Waals surface area contributed by atoms with Gasteiger partial charge >= 0.3 is 0 Å². The van der Waals surface area contributed by atoms with E-state index in [1.165, 1.54) is 37.5 Å². The number of hydrogen-bond acceptors (Lipinski definition) is 6. The highest BCUT2D eigenvalue weighted by molar-refractivity contribution is 7.89. The third kappa shape index (κ3) is 6.43. The molecular weight excluding hydrogens is 442 g/mol. The molecule has 0 saturated heterocycles. The largest absolute Gasteiger partial charge is 0.493 e. The van der Waals surface area contributed by atoms with Gasteiger partial charge in [-0.05, 0) is 53.6 Å². The summed E-state index contributed by atoms with van der Waals surface area (Å²) in [6, 6.07) is 21.9. The summed E-state index contributed by atoms with van der Waals surface area (Å²) in [6.45, 7) is 0.364. The van der Waals surface area contributed by atoms with Crippen molar-refractivity contribution in [1.29, 1.82) is 5.26 Å². The van der Waals surface area contributed by atoms with E-state index in [0.29, 0.717) is 29.4 Å². The lowest BCUT2D eigenvalue weighted by Crippen LogP contribution is -2.14. The molecule has 168 valence electrons. The van der Waals surface area contributed by atoms with Crippen molar-refractivity contribution in [2.24, 2.45) is 5.14 Å². The summed E-state index contributed by atoms with van der Waals surface area (Å²) in [7, 11) is -2.34. The number of anilines is 1. The number of nitrogens with two attached hydrogens (primary N) is 1. The van der Waals surface area contributed by atoms with Crippen molar-refractivity contribution >= 4 is 27.7 Å². The molecule has 3 aromatic rings. The molecule has 0 spiro atoms. The van der Waals surface area contributed by atoms with Gasteiger partial charge in [0.1, 0.15) is 18.2 Å². The number of nitrogens with zero attached hydrogens (tertiary/aromatic N) is 1. The van der Waals surface area contributed by atoms with Crippen LogP contribution in [0.4, 0.5) is 5.69 Å². The molecule has 3 rings (SSSR count). The molecule has 0 heterocycles. The Bertz CT molecular complexity index is 1310. The summed E-state index contributed by atoms with van der Waals surface area (Å²) < 4.78 is 33.9. The third-order valence-electron chi connectivity index (χ3n) is 4.54. The second-order valence-corrected chi connectivity index (χ2v) is 8.44. The van der Waals surface area contributed by atoms with Crippen molar-refractivity contribution in [2.75, 3.05) is 12.4 Å². The average molecular weight is 464 g/mol. The number of carbonyl (C=O) groups is 1. The topological polar surface area (TPSA) is 132 Å². The molecule has 3 aromatic carbocycles. The van der Waals surface area contributed by atoms with Crippen LogP contribution < -0.4 is 19.9 Å². The average Bonchev–Trinajstić information content (AvgIpc) is 2.81. The van der Waals surface area contributed by atoms with Crippen LogP contribution in [0, 0.1) is 11.3 Å². The van der Waals surface area contributed by atoms with Crippen LogP contribution in [0.5, 0.6) is 11.5 Å². The second-order valence-electron chi connectivity index (χ2n) is 6.88. The molecule has 0 radical (unpaired) electrons. The van der Waals surface area contributed by atoms with Crippen LogP contribution in [0.25, 0.3) is 6.08 Å². The first kappa shape index (κ1) is 23.5. The Kier molecular flexibility index (Phi) is 7.46. The SMILES string of the molecule is COc1cc(C=C(C#N)C(=O)Nc2ccc(S(N)(=O)=O)cc2)ccc1OCc1ccccc1. The predicted molar refractivity (Wildman–Crippen MR) is 124 cm³/mol. The molecule has 0 unspecified atom stereocenters. The van der Waals surface area contributed by atoms with E-state index in [1.54, 1.807) is 18.2 Å². The van der Waals surface area contributed by atoms with Crippen LogP contribution in [0.2, 0.25) is 0 Å². The van der Waals surface area contributed by atoms with E-state index in [4.69, 9.17) is 14.6 Å². The summed E-state index contributed by atoms with van der Waals surface area (Å²) in [5.41, 5.74) is 1.74. The van der Waals surface area contributed by atoms with Crippen molar-refractivity contribution in [3.05, 3.63) is 89.5 Å². The highest BCUT2D eigenvalue weighted by atomic mass is 32.2. The number of primary sulfonamides is 1. The number of sulfonamides is 1. The summed E-state index contributed by atoms with van der Waals surface area (Å²) >= 11 is 0. The third-order valence-corrected chi connectivity index (χ3v) is 5.47. The number of ether oxygens (including phenoxy) is 2. The maximum atomic E-state index is 12.5. The Morgan fingerprint density at radius 1 is 1.06 bits per heavy atom. The second kappa shape index (κ2) is 10.5. The van der Waals surface area contributed by atoms with Crippen LogP contribution >= 0.6 is 0 Å². The molecule has 3 N–H and O–H groups in total. The molecular formula is C24H21N3O5S. The fourth-order valence-corrected chi connectivity index (χ4v) is 3.39. The standard InChI is InChI=1S/C24H21N3O5S/c1-31-23-14-18(7-12-22(23)32-16-17-5-3-2-4-6-17)13-19(15-25)24(28)27-20-8-10-21(11-9-20)33(26,29)30/h2-14H,16H2,1H3,(H,27,28)(H2,26,29,30). The number of benzene rings is 3. The summed E-state index contributed by atoms with van der Waals surface area (Å²) in [4.78, 5) is 12.4. The van der Waals surface area contributed by atoms with Crippen LogP contribution in [0.15, 0.2) is 83.3 Å². The van der Waals surface area contributed by atoms with Gasteiger partial charge < -0.3 is 14.8 Å². The summed E-state index contributed by atoms with van der Waals surface area (Å²) in [6.07, 6.45) is 1.41. The summed E-state index contributed by atoms with van der Waals surface area (Å²) in [5, 5.41) is 17.1. The molecule has 8 nitrogen and oxygen atoms in total. The van der Waals surface area contributed by atoms with E-state index in [1.807, 2.05) is 36.4 Å². The predicted octanol–water partition coefficient (Wildman–Crippen LogP) is 3.47. The van der Waals surface area contributed by atoms with Gasteiger partial charge in [-0.25, -0.2) is 13.6 Å². The van der Waals surface area contributed by atoms with E-state index in [0.717, 1.165) is 5.56 Å². The molecule has 0 fully saturated rings. The summed E-state index contributed by atoms with van der Waals surface area (Å²) in [5.74, 6) is 0.330. The molecule has 1 amide bonds. The molecule has 0 aromatic heterocycles. The van der Waals surface area contributed by atoms with Crippen molar-refractivity contribution in [3.8, 4) is 17.6 Å². The number of nitriles is 1. The minimum Gasteiger partial charge on any atom is -0.493 e. The Morgan fingerprint density at radius 3 is 2.36 bits per heavy atom. The zero-order valence-electron chi connectivity index (χ0n) is 17.7. The molecule has 9 heteroatoms. The van der Waals surface area contributed by atoms with Crippen LogP contribution in [-0.4, -0.2) is 21.4 Å². The van der Waals surface area contributed by atoms with E-state index >= 15 is 0 Å². The van der Waals surface area contributed by atoms with E-state index < -0.39 is 15.9 Å². The zero-order chi connectivity index (χ0) is 23.8. The lowest BCUT2D eigenvalue weighted by Gasteiger charge is -2.11. The quantitative estimate of drug-likeness (QED) is 0.388. The van der Waals surface area contributed by atoms with Gasteiger partial charge in [-0.2, -0.15) is 5.26 Å². The Hall–Kier alpha value is -4.13. The number of carbonyl (C=O) groups excluding carboxylic acids is 1. The number of amides is 1. The van der Waals surface area contributed by atoms with E-state index in [9.17, 15) is 18.5 Å². The monoisotopic (exact) mass is 463 g/mol. The van der Waals surface area contributed by atoms with E-state index in [2.05, 4.69) is 5.32 Å². The van der Waals surface area contributed by atoms with Crippen LogP contribution in [0.3, 0.4) is 0 Å². The lowest BCUT2D eigenvalue weighted by atomic mass is 10.1. The Labute approximate surface area is 191 Å². The molecule has 0 saturated carbocycles. The molecule has 0 atom stereocenters. The molecule has 33 heavy (non-hydrogen) atoms. The van der Waals surface area contributed by atoms with Gasteiger partial charge in [0, 0.05) is 5.69 Å². The van der Waals surface area contributed by atoms with Crippen molar-refractivity contribution in [1.82, 2.24) is 0 Å². The number of rotatable bonds is 8. The van der Waals surface area contributed by atoms with Gasteiger partial charge in [0.15, 0.2) is 11.5 Å². The molecule has 0 aliphatic rings. The fourth-order valence-electron chi connectivity index (χ4n) is 2.87. The number of methoxy groups -OCH3 is 1. The fraction of sp³-hybridized carbons (Fsp3) is 0.0833.